The zero-order valence-corrected chi connectivity index (χ0v) is 10.9. The van der Waals surface area contributed by atoms with Crippen molar-refractivity contribution < 1.29 is 9.18 Å². The van der Waals surface area contributed by atoms with Crippen LogP contribution in [0.2, 0.25) is 5.02 Å². The van der Waals surface area contributed by atoms with Gasteiger partial charge in [-0.05, 0) is 54.8 Å². The largest absolute Gasteiger partial charge is 0.298 e. The summed E-state index contributed by atoms with van der Waals surface area (Å²) in [7, 11) is 0. The lowest BCUT2D eigenvalue weighted by molar-refractivity contribution is 0.112. The first kappa shape index (κ1) is 12.8. The van der Waals surface area contributed by atoms with Crippen LogP contribution in [-0.2, 0) is 0 Å². The molecule has 0 aliphatic carbocycles. The number of carbonyl (C=O) groups is 1. The fraction of sp³-hybridized carbons (Fsp3) is 0.133. The molecule has 0 spiro atoms. The maximum absolute atomic E-state index is 13.6. The van der Waals surface area contributed by atoms with E-state index in [1.165, 1.54) is 12.1 Å². The van der Waals surface area contributed by atoms with Crippen LogP contribution < -0.4 is 0 Å². The minimum atomic E-state index is -0.531. The standard InChI is InChI=1S/C15H12ClFO/c1-9-5-13(14(16)6-10(9)2)11-3-4-12(8-18)15(17)7-11/h3-8H,1-2H3. The van der Waals surface area contributed by atoms with Gasteiger partial charge in [-0.15, -0.1) is 0 Å². The van der Waals surface area contributed by atoms with Crippen molar-refractivity contribution >= 4 is 17.9 Å². The van der Waals surface area contributed by atoms with Crippen LogP contribution in [0, 0.1) is 19.7 Å². The van der Waals surface area contributed by atoms with Gasteiger partial charge in [-0.2, -0.15) is 0 Å². The van der Waals surface area contributed by atoms with Crippen molar-refractivity contribution in [1.82, 2.24) is 0 Å². The van der Waals surface area contributed by atoms with E-state index < -0.39 is 5.82 Å². The van der Waals surface area contributed by atoms with Crippen LogP contribution in [0.5, 0.6) is 0 Å². The van der Waals surface area contributed by atoms with Crippen LogP contribution in [0.4, 0.5) is 4.39 Å². The number of hydrogen-bond acceptors (Lipinski definition) is 1. The van der Waals surface area contributed by atoms with E-state index in [1.807, 2.05) is 26.0 Å². The van der Waals surface area contributed by atoms with Gasteiger partial charge < -0.3 is 0 Å². The molecule has 0 N–H and O–H groups in total. The lowest BCUT2D eigenvalue weighted by atomic mass is 9.99. The highest BCUT2D eigenvalue weighted by Gasteiger charge is 2.09. The van der Waals surface area contributed by atoms with Crippen LogP contribution in [-0.4, -0.2) is 6.29 Å². The second-order valence-electron chi connectivity index (χ2n) is 4.27. The van der Waals surface area contributed by atoms with Gasteiger partial charge in [-0.3, -0.25) is 4.79 Å². The molecule has 0 fully saturated rings. The van der Waals surface area contributed by atoms with Crippen LogP contribution in [0.3, 0.4) is 0 Å². The second kappa shape index (κ2) is 4.91. The molecule has 0 heterocycles. The minimum absolute atomic E-state index is 0.0544. The highest BCUT2D eigenvalue weighted by molar-refractivity contribution is 6.33. The second-order valence-corrected chi connectivity index (χ2v) is 4.68. The summed E-state index contributed by atoms with van der Waals surface area (Å²) in [6.07, 6.45) is 0.501. The zero-order valence-electron chi connectivity index (χ0n) is 10.1. The van der Waals surface area contributed by atoms with Crippen molar-refractivity contribution in [2.75, 3.05) is 0 Å². The summed E-state index contributed by atoms with van der Waals surface area (Å²) in [5, 5.41) is 0.580. The molecule has 0 aliphatic heterocycles. The van der Waals surface area contributed by atoms with Gasteiger partial charge in [0.15, 0.2) is 6.29 Å². The molecule has 2 aromatic rings. The van der Waals surface area contributed by atoms with Gasteiger partial charge in [0.2, 0.25) is 0 Å². The van der Waals surface area contributed by atoms with Gasteiger partial charge in [-0.1, -0.05) is 17.7 Å². The van der Waals surface area contributed by atoms with E-state index >= 15 is 0 Å². The number of hydrogen-bond donors (Lipinski definition) is 0. The maximum atomic E-state index is 13.6. The van der Waals surface area contributed by atoms with Crippen LogP contribution in [0.1, 0.15) is 21.5 Å². The van der Waals surface area contributed by atoms with E-state index in [4.69, 9.17) is 11.6 Å². The van der Waals surface area contributed by atoms with Crippen molar-refractivity contribution in [3.8, 4) is 11.1 Å². The van der Waals surface area contributed by atoms with Crippen molar-refractivity contribution in [3.05, 3.63) is 57.9 Å². The molecule has 0 bridgehead atoms. The van der Waals surface area contributed by atoms with Gasteiger partial charge in [0, 0.05) is 10.6 Å². The summed E-state index contributed by atoms with van der Waals surface area (Å²) in [6.45, 7) is 3.95. The molecule has 0 aliphatic rings. The van der Waals surface area contributed by atoms with Gasteiger partial charge >= 0.3 is 0 Å². The van der Waals surface area contributed by atoms with Gasteiger partial charge in [0.25, 0.3) is 0 Å². The molecular formula is C15H12ClFO. The predicted octanol–water partition coefficient (Wildman–Crippen LogP) is 4.58. The molecule has 0 saturated heterocycles. The third-order valence-electron chi connectivity index (χ3n) is 3.02. The van der Waals surface area contributed by atoms with E-state index in [1.54, 1.807) is 6.07 Å². The molecule has 0 amide bonds. The Hall–Kier alpha value is -1.67. The normalized spacial score (nSPS) is 10.4. The van der Waals surface area contributed by atoms with Gasteiger partial charge in [0.1, 0.15) is 5.82 Å². The Morgan fingerprint density at radius 3 is 2.39 bits per heavy atom. The minimum Gasteiger partial charge on any atom is -0.298 e. The van der Waals surface area contributed by atoms with Gasteiger partial charge in [-0.25, -0.2) is 4.39 Å². The Kier molecular flexibility index (Phi) is 3.48. The van der Waals surface area contributed by atoms with Crippen molar-refractivity contribution in [2.45, 2.75) is 13.8 Å². The van der Waals surface area contributed by atoms with E-state index in [0.717, 1.165) is 16.7 Å². The Bertz CT molecular complexity index is 620. The molecule has 0 atom stereocenters. The average Bonchev–Trinajstić information content (AvgIpc) is 2.33. The SMILES string of the molecule is Cc1cc(Cl)c(-c2ccc(C=O)c(F)c2)cc1C. The molecule has 3 heteroatoms. The summed E-state index contributed by atoms with van der Waals surface area (Å²) >= 11 is 6.17. The summed E-state index contributed by atoms with van der Waals surface area (Å²) in [4.78, 5) is 10.6. The Balaban J connectivity index is 2.58. The fourth-order valence-corrected chi connectivity index (χ4v) is 2.12. The molecule has 92 valence electrons. The quantitative estimate of drug-likeness (QED) is 0.724. The van der Waals surface area contributed by atoms with E-state index in [2.05, 4.69) is 0 Å². The third-order valence-corrected chi connectivity index (χ3v) is 3.33. The molecular weight excluding hydrogens is 251 g/mol. The Labute approximate surface area is 110 Å². The number of rotatable bonds is 2. The number of aryl methyl sites for hydroxylation is 2. The molecule has 2 rings (SSSR count). The topological polar surface area (TPSA) is 17.1 Å². The third kappa shape index (κ3) is 2.29. The molecule has 0 saturated carbocycles. The maximum Gasteiger partial charge on any atom is 0.152 e. The first-order valence-corrected chi connectivity index (χ1v) is 5.92. The first-order chi connectivity index (χ1) is 8.52. The molecule has 0 aromatic heterocycles. The number of aldehydes is 1. The summed E-state index contributed by atoms with van der Waals surface area (Å²) < 4.78 is 13.6. The molecule has 18 heavy (non-hydrogen) atoms. The molecule has 1 nitrogen and oxygen atoms in total. The van der Waals surface area contributed by atoms with E-state index in [0.29, 0.717) is 16.9 Å². The lowest BCUT2D eigenvalue weighted by Crippen LogP contribution is -1.90. The molecule has 0 unspecified atom stereocenters. The predicted molar refractivity (Wildman–Crippen MR) is 71.7 cm³/mol. The smallest absolute Gasteiger partial charge is 0.152 e. The molecule has 2 aromatic carbocycles. The number of benzene rings is 2. The Morgan fingerprint density at radius 1 is 1.11 bits per heavy atom. The summed E-state index contributed by atoms with van der Waals surface area (Å²) in [5.41, 5.74) is 3.68. The van der Waals surface area contributed by atoms with Crippen LogP contribution in [0.25, 0.3) is 11.1 Å². The fourth-order valence-electron chi connectivity index (χ4n) is 1.79. The van der Waals surface area contributed by atoms with Crippen LogP contribution in [0.15, 0.2) is 30.3 Å². The van der Waals surface area contributed by atoms with Crippen molar-refractivity contribution in [2.24, 2.45) is 0 Å². The van der Waals surface area contributed by atoms with Crippen LogP contribution >= 0.6 is 11.6 Å². The molecule has 0 radical (unpaired) electrons. The van der Waals surface area contributed by atoms with Crippen molar-refractivity contribution in [1.29, 1.82) is 0 Å². The average molecular weight is 263 g/mol. The van der Waals surface area contributed by atoms with Crippen molar-refractivity contribution in [3.63, 3.8) is 0 Å². The highest BCUT2D eigenvalue weighted by Crippen LogP contribution is 2.31. The van der Waals surface area contributed by atoms with E-state index in [9.17, 15) is 9.18 Å². The summed E-state index contributed by atoms with van der Waals surface area (Å²) in [6, 6.07) is 8.27. The summed E-state index contributed by atoms with van der Waals surface area (Å²) in [5.74, 6) is -0.531. The number of halogens is 2. The van der Waals surface area contributed by atoms with E-state index in [-0.39, 0.29) is 5.56 Å². The number of carbonyl (C=O) groups excluding carboxylic acids is 1. The lowest BCUT2D eigenvalue weighted by Gasteiger charge is -2.09. The zero-order chi connectivity index (χ0) is 13.3. The monoisotopic (exact) mass is 262 g/mol. The Morgan fingerprint density at radius 2 is 1.78 bits per heavy atom. The highest BCUT2D eigenvalue weighted by atomic mass is 35.5. The van der Waals surface area contributed by atoms with Gasteiger partial charge in [0.05, 0.1) is 5.56 Å². The first-order valence-electron chi connectivity index (χ1n) is 5.55.